The van der Waals surface area contributed by atoms with Crippen LogP contribution in [-0.2, 0) is 6.54 Å². The third-order valence-electron chi connectivity index (χ3n) is 4.69. The minimum Gasteiger partial charge on any atom is -0.368 e. The summed E-state index contributed by atoms with van der Waals surface area (Å²) in [5.74, 6) is 0.202. The second-order valence-corrected chi connectivity index (χ2v) is 7.57. The van der Waals surface area contributed by atoms with Gasteiger partial charge in [-0.25, -0.2) is 4.98 Å². The van der Waals surface area contributed by atoms with Crippen molar-refractivity contribution in [1.29, 1.82) is 0 Å². The lowest BCUT2D eigenvalue weighted by Crippen LogP contribution is -2.25. The van der Waals surface area contributed by atoms with Crippen LogP contribution in [0.2, 0.25) is 0 Å². The summed E-state index contributed by atoms with van der Waals surface area (Å²) < 4.78 is 1.71. The van der Waals surface area contributed by atoms with Crippen LogP contribution in [0, 0.1) is 6.92 Å². The van der Waals surface area contributed by atoms with E-state index in [1.807, 2.05) is 38.1 Å². The Morgan fingerprint density at radius 3 is 2.77 bits per heavy atom. The van der Waals surface area contributed by atoms with Gasteiger partial charge in [0.2, 0.25) is 5.95 Å². The fraction of sp³-hybridized carbons (Fsp3) is 0.250. The van der Waals surface area contributed by atoms with E-state index in [2.05, 4.69) is 28.2 Å². The molecule has 1 aliphatic rings. The number of benzene rings is 1. The first-order valence-electron chi connectivity index (χ1n) is 8.68. The van der Waals surface area contributed by atoms with Crippen LogP contribution in [0.25, 0.3) is 15.9 Å². The van der Waals surface area contributed by atoms with Gasteiger partial charge in [0, 0.05) is 27.6 Å². The smallest absolute Gasteiger partial charge is 0.256 e. The summed E-state index contributed by atoms with van der Waals surface area (Å²) in [6, 6.07) is 12.3. The number of nitrogens with two attached hydrogens (primary N) is 1. The highest BCUT2D eigenvalue weighted by molar-refractivity contribution is 8.08. The van der Waals surface area contributed by atoms with E-state index in [0.29, 0.717) is 12.2 Å². The van der Waals surface area contributed by atoms with Gasteiger partial charge < -0.3 is 5.73 Å². The number of aryl methyl sites for hydroxylation is 2. The van der Waals surface area contributed by atoms with Crippen LogP contribution >= 0.6 is 11.8 Å². The van der Waals surface area contributed by atoms with Crippen molar-refractivity contribution in [2.24, 2.45) is 0 Å². The first-order valence-corrected chi connectivity index (χ1v) is 9.56. The molecule has 2 N–H and O–H groups in total. The Morgan fingerprint density at radius 1 is 1.27 bits per heavy atom. The number of thioether (sulfide) groups is 1. The van der Waals surface area contributed by atoms with Crippen molar-refractivity contribution < 1.29 is 0 Å². The molecule has 132 valence electrons. The van der Waals surface area contributed by atoms with Gasteiger partial charge in [0.1, 0.15) is 5.65 Å². The molecule has 0 spiro atoms. The van der Waals surface area contributed by atoms with E-state index in [-0.39, 0.29) is 16.8 Å². The molecule has 1 aromatic carbocycles. The second kappa shape index (κ2) is 6.61. The normalized spacial score (nSPS) is 16.8. The van der Waals surface area contributed by atoms with Crippen LogP contribution in [0.15, 0.2) is 47.3 Å². The van der Waals surface area contributed by atoms with E-state index in [0.717, 1.165) is 23.1 Å². The maximum atomic E-state index is 13.1. The molecular weight excluding hydrogens is 344 g/mol. The molecule has 1 aliphatic heterocycles. The molecular formula is C20H20N4OS. The van der Waals surface area contributed by atoms with Crippen molar-refractivity contribution in [2.45, 2.75) is 32.1 Å². The average Bonchev–Trinajstić information content (AvgIpc) is 3.12. The van der Waals surface area contributed by atoms with E-state index in [1.165, 1.54) is 10.5 Å². The van der Waals surface area contributed by atoms with Gasteiger partial charge in [0.05, 0.1) is 5.69 Å². The van der Waals surface area contributed by atoms with Crippen molar-refractivity contribution in [3.8, 4) is 0 Å². The molecule has 3 aromatic rings. The van der Waals surface area contributed by atoms with Crippen LogP contribution in [0.3, 0.4) is 0 Å². The van der Waals surface area contributed by atoms with Crippen LogP contribution in [0.5, 0.6) is 0 Å². The number of hydrogen-bond acceptors (Lipinski definition) is 5. The number of anilines is 1. The SMILES string of the molecule is CCn1c(=O)c(C2CC=C(c3ccccc3)S2)cc2c(C)nc(N)nc21. The zero-order valence-electron chi connectivity index (χ0n) is 14.8. The maximum absolute atomic E-state index is 13.1. The summed E-state index contributed by atoms with van der Waals surface area (Å²) in [5, 5.41) is 1.00. The lowest BCUT2D eigenvalue weighted by atomic mass is 10.1. The zero-order valence-corrected chi connectivity index (χ0v) is 15.6. The van der Waals surface area contributed by atoms with Gasteiger partial charge in [-0.05, 0) is 31.9 Å². The van der Waals surface area contributed by atoms with Gasteiger partial charge in [-0.2, -0.15) is 4.98 Å². The molecule has 5 nitrogen and oxygen atoms in total. The summed E-state index contributed by atoms with van der Waals surface area (Å²) in [7, 11) is 0. The first-order chi connectivity index (χ1) is 12.6. The zero-order chi connectivity index (χ0) is 18.3. The molecule has 1 unspecified atom stereocenters. The van der Waals surface area contributed by atoms with E-state index < -0.39 is 0 Å². The van der Waals surface area contributed by atoms with Gasteiger partial charge in [0.25, 0.3) is 5.56 Å². The molecule has 2 aromatic heterocycles. The number of pyridine rings is 1. The van der Waals surface area contributed by atoms with E-state index >= 15 is 0 Å². The molecule has 0 radical (unpaired) electrons. The number of allylic oxidation sites excluding steroid dienone is 1. The lowest BCUT2D eigenvalue weighted by Gasteiger charge is -2.15. The van der Waals surface area contributed by atoms with Crippen LogP contribution < -0.4 is 11.3 Å². The summed E-state index contributed by atoms with van der Waals surface area (Å²) in [6.07, 6.45) is 3.06. The largest absolute Gasteiger partial charge is 0.368 e. The number of fused-ring (bicyclic) bond motifs is 1. The Kier molecular flexibility index (Phi) is 4.28. The van der Waals surface area contributed by atoms with E-state index in [9.17, 15) is 4.79 Å². The first kappa shape index (κ1) is 16.8. The van der Waals surface area contributed by atoms with E-state index in [1.54, 1.807) is 16.3 Å². The standard InChI is InChI=1S/C20H20N4OS/c1-3-24-18-14(12(2)22-20(21)23-18)11-15(19(24)25)17-10-9-16(26-17)13-7-5-4-6-8-13/h4-9,11,17H,3,10H2,1-2H3,(H2,21,22,23). The van der Waals surface area contributed by atoms with Gasteiger partial charge in [0.15, 0.2) is 0 Å². The summed E-state index contributed by atoms with van der Waals surface area (Å²) in [5.41, 5.74) is 9.23. The minimum absolute atomic E-state index is 0.0118. The Hall–Kier alpha value is -2.60. The fourth-order valence-corrected chi connectivity index (χ4v) is 4.66. The van der Waals surface area contributed by atoms with Crippen LogP contribution in [0.4, 0.5) is 5.95 Å². The fourth-order valence-electron chi connectivity index (χ4n) is 3.40. The number of rotatable bonds is 3. The molecule has 0 amide bonds. The third-order valence-corrected chi connectivity index (χ3v) is 6.08. The molecule has 0 bridgehead atoms. The summed E-state index contributed by atoms with van der Waals surface area (Å²) >= 11 is 1.75. The van der Waals surface area contributed by atoms with Crippen LogP contribution in [-0.4, -0.2) is 14.5 Å². The molecule has 0 aliphatic carbocycles. The Labute approximate surface area is 156 Å². The number of hydrogen-bond donors (Lipinski definition) is 1. The molecule has 26 heavy (non-hydrogen) atoms. The number of aromatic nitrogens is 3. The molecule has 0 saturated carbocycles. The van der Waals surface area contributed by atoms with Crippen molar-refractivity contribution in [3.63, 3.8) is 0 Å². The van der Waals surface area contributed by atoms with Crippen molar-refractivity contribution in [1.82, 2.24) is 14.5 Å². The molecule has 4 rings (SSSR count). The maximum Gasteiger partial charge on any atom is 0.256 e. The highest BCUT2D eigenvalue weighted by atomic mass is 32.2. The highest BCUT2D eigenvalue weighted by Gasteiger charge is 2.25. The van der Waals surface area contributed by atoms with Gasteiger partial charge in [-0.1, -0.05) is 36.4 Å². The van der Waals surface area contributed by atoms with Crippen molar-refractivity contribution in [3.05, 3.63) is 69.6 Å². The highest BCUT2D eigenvalue weighted by Crippen LogP contribution is 2.47. The molecule has 0 saturated heterocycles. The monoisotopic (exact) mass is 364 g/mol. The number of nitrogens with zero attached hydrogens (tertiary/aromatic N) is 3. The van der Waals surface area contributed by atoms with E-state index in [4.69, 9.17) is 5.73 Å². The van der Waals surface area contributed by atoms with Gasteiger partial charge >= 0.3 is 0 Å². The average molecular weight is 364 g/mol. The molecule has 0 fully saturated rings. The van der Waals surface area contributed by atoms with Crippen molar-refractivity contribution >= 4 is 33.6 Å². The van der Waals surface area contributed by atoms with Crippen LogP contribution in [0.1, 0.15) is 35.4 Å². The topological polar surface area (TPSA) is 73.8 Å². The predicted octanol–water partition coefficient (Wildman–Crippen LogP) is 3.92. The Morgan fingerprint density at radius 2 is 2.04 bits per heavy atom. The molecule has 6 heteroatoms. The third kappa shape index (κ3) is 2.80. The Balaban J connectivity index is 1.79. The van der Waals surface area contributed by atoms with Gasteiger partial charge in [-0.15, -0.1) is 11.8 Å². The minimum atomic E-state index is 0.0118. The van der Waals surface area contributed by atoms with Gasteiger partial charge in [-0.3, -0.25) is 9.36 Å². The summed E-state index contributed by atoms with van der Waals surface area (Å²) in [6.45, 7) is 4.41. The van der Waals surface area contributed by atoms with Crippen molar-refractivity contribution in [2.75, 3.05) is 5.73 Å². The molecule has 3 heterocycles. The molecule has 1 atom stereocenters. The quantitative estimate of drug-likeness (QED) is 0.762. The number of nitrogen functional groups attached to an aromatic ring is 1. The summed E-state index contributed by atoms with van der Waals surface area (Å²) in [4.78, 5) is 22.9. The predicted molar refractivity (Wildman–Crippen MR) is 108 cm³/mol. The lowest BCUT2D eigenvalue weighted by molar-refractivity contribution is 0.733. The Bertz CT molecular complexity index is 1070. The second-order valence-electron chi connectivity index (χ2n) is 6.33.